The summed E-state index contributed by atoms with van der Waals surface area (Å²) in [5.41, 5.74) is 1.15. The molecule has 2 rings (SSSR count). The van der Waals surface area contributed by atoms with E-state index in [-0.39, 0.29) is 17.9 Å². The lowest BCUT2D eigenvalue weighted by atomic mass is 9.93. The van der Waals surface area contributed by atoms with Gasteiger partial charge in [-0.25, -0.2) is 8.78 Å². The summed E-state index contributed by atoms with van der Waals surface area (Å²) in [6.07, 6.45) is 0. The van der Waals surface area contributed by atoms with Crippen LogP contribution in [0.3, 0.4) is 0 Å². The summed E-state index contributed by atoms with van der Waals surface area (Å²) in [5.74, 6) is -1.69. The van der Waals surface area contributed by atoms with E-state index in [4.69, 9.17) is 0 Å². The highest BCUT2D eigenvalue weighted by atomic mass is 19.1. The van der Waals surface area contributed by atoms with Gasteiger partial charge < -0.3 is 10.2 Å². The Morgan fingerprint density at radius 3 is 2.47 bits per heavy atom. The lowest BCUT2D eigenvalue weighted by Crippen LogP contribution is -1.98. The van der Waals surface area contributed by atoms with E-state index in [9.17, 15) is 19.0 Å². The fourth-order valence-electron chi connectivity index (χ4n) is 1.98. The van der Waals surface area contributed by atoms with Gasteiger partial charge in [0.1, 0.15) is 17.4 Å². The molecule has 0 saturated carbocycles. The third-order valence-electron chi connectivity index (χ3n) is 2.83. The molecular formula is C15H12F2O2. The van der Waals surface area contributed by atoms with Crippen LogP contribution in [0.25, 0.3) is 16.9 Å². The van der Waals surface area contributed by atoms with Gasteiger partial charge >= 0.3 is 0 Å². The van der Waals surface area contributed by atoms with Crippen molar-refractivity contribution in [3.63, 3.8) is 0 Å². The van der Waals surface area contributed by atoms with E-state index in [1.165, 1.54) is 6.07 Å². The maximum absolute atomic E-state index is 13.9. The van der Waals surface area contributed by atoms with Crippen LogP contribution in [0, 0.1) is 11.6 Å². The van der Waals surface area contributed by atoms with E-state index in [0.717, 1.165) is 12.1 Å². The van der Waals surface area contributed by atoms with E-state index in [1.54, 1.807) is 18.2 Å². The standard InChI is InChI=1S/C15H12F2O2/c1-9(19)12-4-2-3-10(8-18)15(12)13-6-5-11(16)7-14(13)17/h2-7,18-19H,1,8H2. The zero-order valence-corrected chi connectivity index (χ0v) is 10.0. The summed E-state index contributed by atoms with van der Waals surface area (Å²) in [5, 5.41) is 18.9. The highest BCUT2D eigenvalue weighted by Crippen LogP contribution is 2.33. The van der Waals surface area contributed by atoms with Crippen molar-refractivity contribution in [1.82, 2.24) is 0 Å². The first-order chi connectivity index (χ1) is 9.04. The molecule has 0 aliphatic heterocycles. The van der Waals surface area contributed by atoms with Crippen molar-refractivity contribution in [3.8, 4) is 11.1 Å². The first-order valence-corrected chi connectivity index (χ1v) is 5.61. The molecule has 0 amide bonds. The molecule has 2 N–H and O–H groups in total. The number of aliphatic hydroxyl groups excluding tert-OH is 2. The van der Waals surface area contributed by atoms with Crippen LogP contribution in [-0.4, -0.2) is 10.2 Å². The molecule has 2 nitrogen and oxygen atoms in total. The Morgan fingerprint density at radius 2 is 1.89 bits per heavy atom. The van der Waals surface area contributed by atoms with E-state index in [0.29, 0.717) is 16.7 Å². The minimum atomic E-state index is -0.761. The minimum Gasteiger partial charge on any atom is -0.508 e. The molecule has 0 atom stereocenters. The fourth-order valence-corrected chi connectivity index (χ4v) is 1.98. The van der Waals surface area contributed by atoms with Crippen LogP contribution in [0.4, 0.5) is 8.78 Å². The quantitative estimate of drug-likeness (QED) is 0.829. The molecule has 0 aromatic heterocycles. The van der Waals surface area contributed by atoms with Crippen molar-refractivity contribution in [3.05, 3.63) is 65.7 Å². The average Bonchev–Trinajstić information content (AvgIpc) is 2.38. The molecule has 0 heterocycles. The minimum absolute atomic E-state index is 0.108. The molecule has 2 aromatic rings. The maximum Gasteiger partial charge on any atom is 0.133 e. The molecule has 19 heavy (non-hydrogen) atoms. The summed E-state index contributed by atoms with van der Waals surface area (Å²) in [6.45, 7) is 3.09. The largest absolute Gasteiger partial charge is 0.508 e. The van der Waals surface area contributed by atoms with Crippen molar-refractivity contribution in [2.45, 2.75) is 6.61 Å². The molecule has 0 spiro atoms. The average molecular weight is 262 g/mol. The fraction of sp³-hybridized carbons (Fsp3) is 0.0667. The molecule has 0 aliphatic carbocycles. The Kier molecular flexibility index (Phi) is 3.62. The summed E-state index contributed by atoms with van der Waals surface area (Å²) in [7, 11) is 0. The molecule has 0 fully saturated rings. The Balaban J connectivity index is 2.75. The number of hydrogen-bond acceptors (Lipinski definition) is 2. The van der Waals surface area contributed by atoms with Gasteiger partial charge in [0.2, 0.25) is 0 Å². The van der Waals surface area contributed by atoms with E-state index in [2.05, 4.69) is 6.58 Å². The molecule has 0 saturated heterocycles. The number of rotatable bonds is 3. The summed E-state index contributed by atoms with van der Waals surface area (Å²) in [6, 6.07) is 7.92. The lowest BCUT2D eigenvalue weighted by molar-refractivity contribution is 0.282. The van der Waals surface area contributed by atoms with Crippen molar-refractivity contribution in [2.24, 2.45) is 0 Å². The highest BCUT2D eigenvalue weighted by molar-refractivity contribution is 5.80. The zero-order chi connectivity index (χ0) is 14.0. The van der Waals surface area contributed by atoms with Crippen LogP contribution in [-0.2, 0) is 6.61 Å². The van der Waals surface area contributed by atoms with Crippen LogP contribution < -0.4 is 0 Å². The predicted molar refractivity (Wildman–Crippen MR) is 69.4 cm³/mol. The monoisotopic (exact) mass is 262 g/mol. The van der Waals surface area contributed by atoms with Crippen molar-refractivity contribution < 1.29 is 19.0 Å². The Hall–Kier alpha value is -2.20. The second kappa shape index (κ2) is 5.20. The number of halogens is 2. The first kappa shape index (κ1) is 13.2. The Bertz CT molecular complexity index is 636. The van der Waals surface area contributed by atoms with Gasteiger partial charge in [0.15, 0.2) is 0 Å². The summed E-state index contributed by atoms with van der Waals surface area (Å²) >= 11 is 0. The first-order valence-electron chi connectivity index (χ1n) is 5.61. The zero-order valence-electron chi connectivity index (χ0n) is 10.0. The molecule has 0 unspecified atom stereocenters. The smallest absolute Gasteiger partial charge is 0.133 e. The van der Waals surface area contributed by atoms with E-state index < -0.39 is 11.6 Å². The van der Waals surface area contributed by atoms with Crippen molar-refractivity contribution >= 4 is 5.76 Å². The molecule has 0 radical (unpaired) electrons. The van der Waals surface area contributed by atoms with E-state index in [1.807, 2.05) is 0 Å². The number of benzene rings is 2. The molecule has 98 valence electrons. The Morgan fingerprint density at radius 1 is 1.16 bits per heavy atom. The van der Waals surface area contributed by atoms with Gasteiger partial charge in [0.25, 0.3) is 0 Å². The van der Waals surface area contributed by atoms with Gasteiger partial charge in [0, 0.05) is 22.8 Å². The van der Waals surface area contributed by atoms with Crippen molar-refractivity contribution in [1.29, 1.82) is 0 Å². The number of hydrogen-bond donors (Lipinski definition) is 2. The summed E-state index contributed by atoms with van der Waals surface area (Å²) in [4.78, 5) is 0. The second-order valence-corrected chi connectivity index (χ2v) is 4.07. The lowest BCUT2D eigenvalue weighted by Gasteiger charge is -2.14. The highest BCUT2D eigenvalue weighted by Gasteiger charge is 2.16. The van der Waals surface area contributed by atoms with Gasteiger partial charge in [-0.3, -0.25) is 0 Å². The molecule has 0 bridgehead atoms. The normalized spacial score (nSPS) is 10.5. The van der Waals surface area contributed by atoms with Crippen LogP contribution in [0.1, 0.15) is 11.1 Å². The molecule has 0 aliphatic rings. The van der Waals surface area contributed by atoms with E-state index >= 15 is 0 Å². The molecule has 4 heteroatoms. The van der Waals surface area contributed by atoms with Gasteiger partial charge in [-0.05, 0) is 17.7 Å². The molecular weight excluding hydrogens is 250 g/mol. The van der Waals surface area contributed by atoms with Crippen LogP contribution in [0.2, 0.25) is 0 Å². The van der Waals surface area contributed by atoms with Gasteiger partial charge in [0.05, 0.1) is 6.61 Å². The third-order valence-corrected chi connectivity index (χ3v) is 2.83. The third kappa shape index (κ3) is 2.48. The van der Waals surface area contributed by atoms with Crippen LogP contribution in [0.15, 0.2) is 43.0 Å². The van der Waals surface area contributed by atoms with Crippen LogP contribution >= 0.6 is 0 Å². The maximum atomic E-state index is 13.9. The van der Waals surface area contributed by atoms with Crippen molar-refractivity contribution in [2.75, 3.05) is 0 Å². The van der Waals surface area contributed by atoms with Gasteiger partial charge in [-0.1, -0.05) is 24.8 Å². The number of aliphatic hydroxyl groups is 2. The topological polar surface area (TPSA) is 40.5 Å². The second-order valence-electron chi connectivity index (χ2n) is 4.07. The Labute approximate surface area is 109 Å². The van der Waals surface area contributed by atoms with Crippen LogP contribution in [0.5, 0.6) is 0 Å². The molecule has 2 aromatic carbocycles. The van der Waals surface area contributed by atoms with Gasteiger partial charge in [-0.2, -0.15) is 0 Å². The summed E-state index contributed by atoms with van der Waals surface area (Å²) < 4.78 is 26.8. The SMILES string of the molecule is C=C(O)c1cccc(CO)c1-c1ccc(F)cc1F. The predicted octanol–water partition coefficient (Wildman–Crippen LogP) is 3.65. The van der Waals surface area contributed by atoms with Gasteiger partial charge in [-0.15, -0.1) is 0 Å².